The molecule has 1 amide bonds. The number of methoxy groups -OCH3 is 2. The van der Waals surface area contributed by atoms with Crippen LogP contribution in [0.25, 0.3) is 0 Å². The number of hydrogen-bond acceptors (Lipinski definition) is 4. The van der Waals surface area contributed by atoms with Gasteiger partial charge in [-0.3, -0.25) is 4.79 Å². The third kappa shape index (κ3) is 3.09. The number of ether oxygens (including phenoxy) is 2. The van der Waals surface area contributed by atoms with Gasteiger partial charge in [0.05, 0.1) is 14.2 Å². The van der Waals surface area contributed by atoms with Crippen molar-refractivity contribution in [2.24, 2.45) is 0 Å². The highest BCUT2D eigenvalue weighted by Gasteiger charge is 2.41. The summed E-state index contributed by atoms with van der Waals surface area (Å²) in [4.78, 5) is 25.0. The number of carboxylic acids is 1. The standard InChI is InChI=1S/C15H19NO5/c1-9(17)16(10-4-5-10)14(15(18)19)12-7-6-11(20-2)8-13(12)21-3/h6-8,10,14H,4-5H2,1-3H3,(H,18,19). The molecule has 0 bridgehead atoms. The Morgan fingerprint density at radius 2 is 1.95 bits per heavy atom. The third-order valence-electron chi connectivity index (χ3n) is 3.55. The molecular weight excluding hydrogens is 274 g/mol. The molecule has 114 valence electrons. The molecule has 1 fully saturated rings. The van der Waals surface area contributed by atoms with E-state index in [1.807, 2.05) is 0 Å². The second-order valence-electron chi connectivity index (χ2n) is 5.01. The average molecular weight is 293 g/mol. The van der Waals surface area contributed by atoms with Gasteiger partial charge in [0.15, 0.2) is 6.04 Å². The summed E-state index contributed by atoms with van der Waals surface area (Å²) in [5.41, 5.74) is 0.452. The van der Waals surface area contributed by atoms with Crippen molar-refractivity contribution < 1.29 is 24.2 Å². The molecule has 1 saturated carbocycles. The van der Waals surface area contributed by atoms with Gasteiger partial charge in [-0.15, -0.1) is 0 Å². The van der Waals surface area contributed by atoms with Crippen molar-refractivity contribution in [2.75, 3.05) is 14.2 Å². The molecule has 0 aromatic heterocycles. The lowest BCUT2D eigenvalue weighted by Gasteiger charge is -2.29. The van der Waals surface area contributed by atoms with Crippen molar-refractivity contribution in [3.05, 3.63) is 23.8 Å². The van der Waals surface area contributed by atoms with Crippen molar-refractivity contribution >= 4 is 11.9 Å². The Balaban J connectivity index is 2.47. The van der Waals surface area contributed by atoms with Crippen LogP contribution in [0.2, 0.25) is 0 Å². The quantitative estimate of drug-likeness (QED) is 0.866. The van der Waals surface area contributed by atoms with Crippen LogP contribution in [0.1, 0.15) is 31.4 Å². The zero-order valence-electron chi connectivity index (χ0n) is 12.3. The lowest BCUT2D eigenvalue weighted by Crippen LogP contribution is -2.39. The van der Waals surface area contributed by atoms with E-state index in [-0.39, 0.29) is 11.9 Å². The molecule has 1 unspecified atom stereocenters. The lowest BCUT2D eigenvalue weighted by molar-refractivity contribution is -0.150. The molecule has 0 radical (unpaired) electrons. The van der Waals surface area contributed by atoms with Gasteiger partial charge in [-0.25, -0.2) is 4.79 Å². The number of hydrogen-bond donors (Lipinski definition) is 1. The Morgan fingerprint density at radius 3 is 2.38 bits per heavy atom. The van der Waals surface area contributed by atoms with E-state index in [2.05, 4.69) is 0 Å². The largest absolute Gasteiger partial charge is 0.497 e. The summed E-state index contributed by atoms with van der Waals surface area (Å²) in [5, 5.41) is 9.59. The molecule has 21 heavy (non-hydrogen) atoms. The van der Waals surface area contributed by atoms with E-state index in [4.69, 9.17) is 9.47 Å². The highest BCUT2D eigenvalue weighted by atomic mass is 16.5. The van der Waals surface area contributed by atoms with E-state index in [1.165, 1.54) is 26.0 Å². The minimum atomic E-state index is -1.07. The van der Waals surface area contributed by atoms with Gasteiger partial charge in [-0.2, -0.15) is 0 Å². The van der Waals surface area contributed by atoms with Crippen LogP contribution in [-0.2, 0) is 9.59 Å². The van der Waals surface area contributed by atoms with Crippen LogP contribution in [0.15, 0.2) is 18.2 Å². The molecule has 1 aliphatic carbocycles. The number of amides is 1. The van der Waals surface area contributed by atoms with Gasteiger partial charge in [-0.1, -0.05) is 0 Å². The minimum absolute atomic E-state index is 0.00425. The predicted molar refractivity (Wildman–Crippen MR) is 75.5 cm³/mol. The third-order valence-corrected chi connectivity index (χ3v) is 3.55. The van der Waals surface area contributed by atoms with Crippen molar-refractivity contribution in [3.63, 3.8) is 0 Å². The van der Waals surface area contributed by atoms with E-state index in [0.717, 1.165) is 12.8 Å². The van der Waals surface area contributed by atoms with Crippen LogP contribution in [0, 0.1) is 0 Å². The minimum Gasteiger partial charge on any atom is -0.497 e. The van der Waals surface area contributed by atoms with E-state index < -0.39 is 12.0 Å². The first kappa shape index (κ1) is 15.2. The van der Waals surface area contributed by atoms with Crippen molar-refractivity contribution in [3.8, 4) is 11.5 Å². The molecule has 2 rings (SSSR count). The SMILES string of the molecule is COc1ccc(C(C(=O)O)N(C(C)=O)C2CC2)c(OC)c1. The summed E-state index contributed by atoms with van der Waals surface area (Å²) in [7, 11) is 2.99. The van der Waals surface area contributed by atoms with Crippen LogP contribution in [-0.4, -0.2) is 42.1 Å². The maximum Gasteiger partial charge on any atom is 0.331 e. The van der Waals surface area contributed by atoms with E-state index in [1.54, 1.807) is 18.2 Å². The van der Waals surface area contributed by atoms with E-state index in [9.17, 15) is 14.7 Å². The van der Waals surface area contributed by atoms with Crippen LogP contribution in [0.3, 0.4) is 0 Å². The summed E-state index contributed by atoms with van der Waals surface area (Å²) >= 11 is 0. The fourth-order valence-electron chi connectivity index (χ4n) is 2.45. The van der Waals surface area contributed by atoms with Crippen LogP contribution in [0.5, 0.6) is 11.5 Å². The highest BCUT2D eigenvalue weighted by molar-refractivity contribution is 5.84. The summed E-state index contributed by atoms with van der Waals surface area (Å²) < 4.78 is 10.4. The second-order valence-corrected chi connectivity index (χ2v) is 5.01. The predicted octanol–water partition coefficient (Wildman–Crippen LogP) is 1.84. The Labute approximate surface area is 123 Å². The molecule has 1 aromatic rings. The molecule has 0 saturated heterocycles. The first-order valence-corrected chi connectivity index (χ1v) is 6.73. The van der Waals surface area contributed by atoms with Crippen LogP contribution < -0.4 is 9.47 Å². The second kappa shape index (κ2) is 6.03. The molecule has 6 nitrogen and oxygen atoms in total. The van der Waals surface area contributed by atoms with E-state index in [0.29, 0.717) is 17.1 Å². The summed E-state index contributed by atoms with van der Waals surface area (Å²) in [6.45, 7) is 1.39. The number of aliphatic carboxylic acids is 1. The molecule has 0 spiro atoms. The summed E-state index contributed by atoms with van der Waals surface area (Å²) in [5.74, 6) is -0.350. The topological polar surface area (TPSA) is 76.1 Å². The molecule has 0 heterocycles. The van der Waals surface area contributed by atoms with Crippen LogP contribution in [0.4, 0.5) is 0 Å². The van der Waals surface area contributed by atoms with Gasteiger partial charge in [0.1, 0.15) is 11.5 Å². The first-order valence-electron chi connectivity index (χ1n) is 6.73. The number of nitrogens with zero attached hydrogens (tertiary/aromatic N) is 1. The van der Waals surface area contributed by atoms with E-state index >= 15 is 0 Å². The van der Waals surface area contributed by atoms with Gasteiger partial charge in [0.25, 0.3) is 0 Å². The number of carbonyl (C=O) groups is 2. The summed E-state index contributed by atoms with van der Waals surface area (Å²) in [6, 6.07) is 3.87. The average Bonchev–Trinajstić information content (AvgIpc) is 3.27. The molecule has 1 N–H and O–H groups in total. The monoisotopic (exact) mass is 293 g/mol. The first-order chi connectivity index (χ1) is 9.99. The molecule has 1 aliphatic rings. The maximum absolute atomic E-state index is 11.9. The molecule has 1 atom stereocenters. The fraction of sp³-hybridized carbons (Fsp3) is 0.467. The van der Waals surface area contributed by atoms with Gasteiger partial charge in [-0.05, 0) is 25.0 Å². The molecule has 0 aliphatic heterocycles. The fourth-order valence-corrected chi connectivity index (χ4v) is 2.45. The van der Waals surface area contributed by atoms with Crippen molar-refractivity contribution in [1.82, 2.24) is 4.90 Å². The smallest absolute Gasteiger partial charge is 0.331 e. The van der Waals surface area contributed by atoms with Gasteiger partial charge >= 0.3 is 5.97 Å². The molecule has 1 aromatic carbocycles. The number of benzene rings is 1. The zero-order chi connectivity index (χ0) is 15.6. The van der Waals surface area contributed by atoms with Gasteiger partial charge < -0.3 is 19.5 Å². The van der Waals surface area contributed by atoms with Gasteiger partial charge in [0.2, 0.25) is 5.91 Å². The highest BCUT2D eigenvalue weighted by Crippen LogP contribution is 2.39. The normalized spacial score (nSPS) is 15.2. The molecule has 6 heteroatoms. The lowest BCUT2D eigenvalue weighted by atomic mass is 10.0. The zero-order valence-corrected chi connectivity index (χ0v) is 12.3. The number of carbonyl (C=O) groups excluding carboxylic acids is 1. The number of rotatable bonds is 6. The summed E-state index contributed by atoms with van der Waals surface area (Å²) in [6.07, 6.45) is 1.67. The Morgan fingerprint density at radius 1 is 1.29 bits per heavy atom. The van der Waals surface area contributed by atoms with Crippen molar-refractivity contribution in [2.45, 2.75) is 31.8 Å². The Bertz CT molecular complexity index is 553. The maximum atomic E-state index is 11.9. The van der Waals surface area contributed by atoms with Crippen molar-refractivity contribution in [1.29, 1.82) is 0 Å². The number of carboxylic acid groups (broad SMARTS) is 1. The Hall–Kier alpha value is -2.24. The Kier molecular flexibility index (Phi) is 4.35. The van der Waals surface area contributed by atoms with Crippen LogP contribution >= 0.6 is 0 Å². The molecular formula is C15H19NO5. The van der Waals surface area contributed by atoms with Gasteiger partial charge in [0, 0.05) is 24.6 Å².